The van der Waals surface area contributed by atoms with Crippen LogP contribution in [0.2, 0.25) is 0 Å². The highest BCUT2D eigenvalue weighted by Crippen LogP contribution is 2.15. The molecule has 6 heteroatoms. The summed E-state index contributed by atoms with van der Waals surface area (Å²) in [5.41, 5.74) is 3.87. The number of rotatable bonds is 4. The van der Waals surface area contributed by atoms with Crippen LogP contribution in [0, 0.1) is 13.8 Å². The second kappa shape index (κ2) is 7.35. The monoisotopic (exact) mass is 341 g/mol. The fourth-order valence-electron chi connectivity index (χ4n) is 3.20. The van der Waals surface area contributed by atoms with Gasteiger partial charge in [-0.1, -0.05) is 22.9 Å². The highest BCUT2D eigenvalue weighted by Gasteiger charge is 2.24. The van der Waals surface area contributed by atoms with E-state index in [-0.39, 0.29) is 5.91 Å². The lowest BCUT2D eigenvalue weighted by molar-refractivity contribution is -0.132. The molecule has 6 nitrogen and oxygen atoms in total. The van der Waals surface area contributed by atoms with Gasteiger partial charge in [-0.15, -0.1) is 5.10 Å². The topological polar surface area (TPSA) is 54.3 Å². The minimum absolute atomic E-state index is 0.141. The van der Waals surface area contributed by atoms with Crippen molar-refractivity contribution < 1.29 is 4.79 Å². The van der Waals surface area contributed by atoms with Gasteiger partial charge < -0.3 is 4.90 Å². The molecule has 1 aliphatic rings. The Morgan fingerprint density at radius 3 is 2.32 bits per heavy atom. The van der Waals surface area contributed by atoms with Gasteiger partial charge in [-0.25, -0.2) is 4.68 Å². The van der Waals surface area contributed by atoms with Gasteiger partial charge in [0.05, 0.1) is 23.5 Å². The molecular formula is C19H27N5O. The van der Waals surface area contributed by atoms with Crippen molar-refractivity contribution in [3.8, 4) is 5.69 Å². The van der Waals surface area contributed by atoms with E-state index < -0.39 is 0 Å². The average molecular weight is 341 g/mol. The van der Waals surface area contributed by atoms with Crippen LogP contribution in [-0.4, -0.2) is 62.9 Å². The number of piperazine rings is 1. The fraction of sp³-hybridized carbons (Fsp3) is 0.526. The van der Waals surface area contributed by atoms with E-state index in [1.807, 2.05) is 24.0 Å². The van der Waals surface area contributed by atoms with Crippen LogP contribution in [0.15, 0.2) is 24.3 Å². The minimum Gasteiger partial charge on any atom is -0.340 e. The summed E-state index contributed by atoms with van der Waals surface area (Å²) in [6.07, 6.45) is 0.319. The van der Waals surface area contributed by atoms with E-state index in [9.17, 15) is 4.79 Å². The lowest BCUT2D eigenvalue weighted by atomic mass is 10.2. The number of aromatic nitrogens is 3. The first-order valence-corrected chi connectivity index (χ1v) is 8.95. The Bertz CT molecular complexity index is 727. The molecule has 3 rings (SSSR count). The first-order valence-electron chi connectivity index (χ1n) is 8.95. The van der Waals surface area contributed by atoms with Crippen LogP contribution in [0.4, 0.5) is 0 Å². The van der Waals surface area contributed by atoms with Gasteiger partial charge in [0.15, 0.2) is 0 Å². The number of benzene rings is 1. The maximum Gasteiger partial charge on any atom is 0.228 e. The molecule has 0 atom stereocenters. The molecule has 0 spiro atoms. The predicted molar refractivity (Wildman–Crippen MR) is 97.8 cm³/mol. The molecule has 0 unspecified atom stereocenters. The number of carbonyl (C=O) groups excluding carboxylic acids is 1. The van der Waals surface area contributed by atoms with Gasteiger partial charge in [0.1, 0.15) is 0 Å². The molecule has 0 saturated carbocycles. The molecule has 0 N–H and O–H groups in total. The molecule has 0 radical (unpaired) electrons. The first kappa shape index (κ1) is 17.6. The van der Waals surface area contributed by atoms with Crippen LogP contribution >= 0.6 is 0 Å². The summed E-state index contributed by atoms with van der Waals surface area (Å²) in [5.74, 6) is 0.141. The Balaban J connectivity index is 1.66. The summed E-state index contributed by atoms with van der Waals surface area (Å²) < 4.78 is 1.80. The van der Waals surface area contributed by atoms with Crippen molar-refractivity contribution in [1.29, 1.82) is 0 Å². The second-order valence-corrected chi connectivity index (χ2v) is 7.06. The molecule has 2 aromatic rings. The highest BCUT2D eigenvalue weighted by atomic mass is 16.2. The van der Waals surface area contributed by atoms with Crippen molar-refractivity contribution >= 4 is 5.91 Å². The van der Waals surface area contributed by atoms with Crippen molar-refractivity contribution in [1.82, 2.24) is 24.8 Å². The van der Waals surface area contributed by atoms with Crippen LogP contribution < -0.4 is 0 Å². The first-order chi connectivity index (χ1) is 12.0. The van der Waals surface area contributed by atoms with Gasteiger partial charge in [-0.3, -0.25) is 9.69 Å². The summed E-state index contributed by atoms with van der Waals surface area (Å²) in [4.78, 5) is 17.0. The third-order valence-corrected chi connectivity index (χ3v) is 4.98. The van der Waals surface area contributed by atoms with Crippen molar-refractivity contribution in [2.45, 2.75) is 40.2 Å². The summed E-state index contributed by atoms with van der Waals surface area (Å²) in [6, 6.07) is 8.68. The molecule has 1 aromatic carbocycles. The number of aryl methyl sites for hydroxylation is 1. The molecule has 1 saturated heterocycles. The Kier molecular flexibility index (Phi) is 5.18. The zero-order chi connectivity index (χ0) is 18.0. The van der Waals surface area contributed by atoms with E-state index in [1.165, 1.54) is 5.56 Å². The quantitative estimate of drug-likeness (QED) is 0.853. The Labute approximate surface area is 149 Å². The molecule has 1 aromatic heterocycles. The maximum atomic E-state index is 12.6. The summed E-state index contributed by atoms with van der Waals surface area (Å²) in [5, 5.41) is 8.48. The lowest BCUT2D eigenvalue weighted by Crippen LogP contribution is -2.51. The molecule has 1 aliphatic heterocycles. The highest BCUT2D eigenvalue weighted by molar-refractivity contribution is 5.78. The lowest BCUT2D eigenvalue weighted by Gasteiger charge is -2.36. The molecule has 25 heavy (non-hydrogen) atoms. The van der Waals surface area contributed by atoms with E-state index in [4.69, 9.17) is 0 Å². The van der Waals surface area contributed by atoms with Crippen molar-refractivity contribution in [2.24, 2.45) is 0 Å². The Morgan fingerprint density at radius 2 is 1.72 bits per heavy atom. The minimum atomic E-state index is 0.141. The molecule has 0 aliphatic carbocycles. The largest absolute Gasteiger partial charge is 0.340 e. The Hall–Kier alpha value is -2.21. The average Bonchev–Trinajstić information content (AvgIpc) is 2.96. The molecule has 1 amide bonds. The van der Waals surface area contributed by atoms with Gasteiger partial charge in [0.25, 0.3) is 0 Å². The smallest absolute Gasteiger partial charge is 0.228 e. The zero-order valence-electron chi connectivity index (χ0n) is 15.6. The fourth-order valence-corrected chi connectivity index (χ4v) is 3.20. The second-order valence-electron chi connectivity index (χ2n) is 7.06. The number of carbonyl (C=O) groups is 1. The van der Waals surface area contributed by atoms with Crippen LogP contribution in [0.25, 0.3) is 5.69 Å². The number of hydrogen-bond acceptors (Lipinski definition) is 4. The van der Waals surface area contributed by atoms with Crippen molar-refractivity contribution in [2.75, 3.05) is 26.2 Å². The summed E-state index contributed by atoms with van der Waals surface area (Å²) in [6.45, 7) is 11.9. The van der Waals surface area contributed by atoms with Crippen LogP contribution in [-0.2, 0) is 11.2 Å². The van der Waals surface area contributed by atoms with E-state index in [1.54, 1.807) is 4.68 Å². The number of nitrogens with zero attached hydrogens (tertiary/aromatic N) is 5. The van der Waals surface area contributed by atoms with Crippen LogP contribution in [0.1, 0.15) is 30.8 Å². The van der Waals surface area contributed by atoms with E-state index in [0.29, 0.717) is 12.5 Å². The van der Waals surface area contributed by atoms with Crippen LogP contribution in [0.5, 0.6) is 0 Å². The van der Waals surface area contributed by atoms with Gasteiger partial charge in [-0.2, -0.15) is 0 Å². The SMILES string of the molecule is Cc1ccc(-n2nnc(CC(=O)N3CCN(C(C)C)CC3)c2C)cc1. The maximum absolute atomic E-state index is 12.6. The van der Waals surface area contributed by atoms with Gasteiger partial charge in [-0.05, 0) is 39.8 Å². The normalized spacial score (nSPS) is 15.8. The molecule has 134 valence electrons. The third-order valence-electron chi connectivity index (χ3n) is 4.98. The van der Waals surface area contributed by atoms with E-state index in [0.717, 1.165) is 43.3 Å². The van der Waals surface area contributed by atoms with Gasteiger partial charge in [0, 0.05) is 32.2 Å². The van der Waals surface area contributed by atoms with Gasteiger partial charge in [0.2, 0.25) is 5.91 Å². The molecule has 1 fully saturated rings. The van der Waals surface area contributed by atoms with E-state index >= 15 is 0 Å². The number of amides is 1. The van der Waals surface area contributed by atoms with E-state index in [2.05, 4.69) is 48.1 Å². The summed E-state index contributed by atoms with van der Waals surface area (Å²) >= 11 is 0. The predicted octanol–water partition coefficient (Wildman–Crippen LogP) is 1.98. The number of hydrogen-bond donors (Lipinski definition) is 0. The molecular weight excluding hydrogens is 314 g/mol. The van der Waals surface area contributed by atoms with Gasteiger partial charge >= 0.3 is 0 Å². The Morgan fingerprint density at radius 1 is 1.08 bits per heavy atom. The third kappa shape index (κ3) is 3.90. The zero-order valence-corrected chi connectivity index (χ0v) is 15.6. The van der Waals surface area contributed by atoms with Crippen molar-refractivity contribution in [3.05, 3.63) is 41.2 Å². The summed E-state index contributed by atoms with van der Waals surface area (Å²) in [7, 11) is 0. The van der Waals surface area contributed by atoms with Crippen LogP contribution in [0.3, 0.4) is 0 Å². The molecule has 2 heterocycles. The molecule has 0 bridgehead atoms. The standard InChI is InChI=1S/C19H27N5O/c1-14(2)22-9-11-23(12-10-22)19(25)13-18-16(4)24(21-20-18)17-7-5-15(3)6-8-17/h5-8,14H,9-13H2,1-4H3. The van der Waals surface area contributed by atoms with Crippen molar-refractivity contribution in [3.63, 3.8) is 0 Å².